The van der Waals surface area contributed by atoms with Crippen LogP contribution in [0.4, 0.5) is 0 Å². The molecule has 0 saturated heterocycles. The zero-order valence-electron chi connectivity index (χ0n) is 7.14. The third kappa shape index (κ3) is 9.04. The molecular formula is C9H13NOS. The maximum Gasteiger partial charge on any atom is 0.199 e. The minimum absolute atomic E-state index is 0.301. The van der Waals surface area contributed by atoms with Gasteiger partial charge in [0.25, 0.3) is 0 Å². The molecule has 0 aliphatic rings. The van der Waals surface area contributed by atoms with Gasteiger partial charge in [-0.1, -0.05) is 43.3 Å². The van der Waals surface area contributed by atoms with Crippen molar-refractivity contribution in [3.05, 3.63) is 36.4 Å². The van der Waals surface area contributed by atoms with Gasteiger partial charge in [-0.25, -0.2) is 0 Å². The number of hydrogen-bond acceptors (Lipinski definition) is 2. The molecule has 0 aliphatic carbocycles. The lowest BCUT2D eigenvalue weighted by molar-refractivity contribution is 0.696. The fourth-order valence-electron chi connectivity index (χ4n) is 0.513. The fraction of sp³-hybridized carbons (Fsp3) is 0.333. The monoisotopic (exact) mass is 183 g/mol. The lowest BCUT2D eigenvalue weighted by Gasteiger charge is -1.71. The van der Waals surface area contributed by atoms with Gasteiger partial charge in [-0.05, 0) is 6.42 Å². The van der Waals surface area contributed by atoms with Gasteiger partial charge in [-0.15, -0.1) is 0 Å². The SMILES string of the molecule is CCCN=S=O.c1ccccc1. The Morgan fingerprint density at radius 2 is 1.50 bits per heavy atom. The number of rotatable bonds is 2. The summed E-state index contributed by atoms with van der Waals surface area (Å²) in [6.07, 6.45) is 0.968. The average molecular weight is 183 g/mol. The molecule has 0 aliphatic heterocycles. The first-order valence-corrected chi connectivity index (χ1v) is 4.57. The van der Waals surface area contributed by atoms with Gasteiger partial charge >= 0.3 is 0 Å². The van der Waals surface area contributed by atoms with E-state index in [1.54, 1.807) is 0 Å². The summed E-state index contributed by atoms with van der Waals surface area (Å²) in [5.41, 5.74) is 0. The van der Waals surface area contributed by atoms with E-state index >= 15 is 0 Å². The highest BCUT2D eigenvalue weighted by Crippen LogP contribution is 1.79. The van der Waals surface area contributed by atoms with Crippen molar-refractivity contribution in [3.63, 3.8) is 0 Å². The van der Waals surface area contributed by atoms with Crippen LogP contribution in [-0.4, -0.2) is 10.8 Å². The first-order chi connectivity index (χ1) is 5.91. The van der Waals surface area contributed by atoms with E-state index in [0.29, 0.717) is 18.0 Å². The molecule has 0 aromatic heterocycles. The zero-order valence-corrected chi connectivity index (χ0v) is 7.96. The van der Waals surface area contributed by atoms with E-state index in [0.717, 1.165) is 6.42 Å². The van der Waals surface area contributed by atoms with Gasteiger partial charge < -0.3 is 0 Å². The van der Waals surface area contributed by atoms with Crippen molar-refractivity contribution in [1.82, 2.24) is 0 Å². The summed E-state index contributed by atoms with van der Waals surface area (Å²) in [5, 5.41) is 0. The topological polar surface area (TPSA) is 29.4 Å². The molecule has 0 N–H and O–H groups in total. The van der Waals surface area contributed by atoms with Crippen LogP contribution in [0.5, 0.6) is 0 Å². The van der Waals surface area contributed by atoms with Crippen LogP contribution < -0.4 is 0 Å². The van der Waals surface area contributed by atoms with Crippen LogP contribution in [-0.2, 0) is 11.5 Å². The van der Waals surface area contributed by atoms with Crippen LogP contribution in [0.25, 0.3) is 0 Å². The second-order valence-electron chi connectivity index (χ2n) is 2.08. The molecule has 0 spiro atoms. The Balaban J connectivity index is 0.000000202. The Labute approximate surface area is 76.9 Å². The summed E-state index contributed by atoms with van der Waals surface area (Å²) in [7, 11) is 0. The highest BCUT2D eigenvalue weighted by atomic mass is 32.1. The van der Waals surface area contributed by atoms with Gasteiger partial charge in [0.05, 0.1) is 6.54 Å². The molecule has 0 radical (unpaired) electrons. The van der Waals surface area contributed by atoms with Crippen LogP contribution in [0, 0.1) is 0 Å². The normalized spacial score (nSPS) is 7.75. The molecule has 0 saturated carbocycles. The van der Waals surface area contributed by atoms with Gasteiger partial charge in [-0.3, -0.25) is 0 Å². The van der Waals surface area contributed by atoms with Crippen LogP contribution in [0.15, 0.2) is 40.8 Å². The van der Waals surface area contributed by atoms with Gasteiger partial charge in [0.1, 0.15) is 0 Å². The van der Waals surface area contributed by atoms with E-state index in [4.69, 9.17) is 0 Å². The van der Waals surface area contributed by atoms with E-state index < -0.39 is 0 Å². The first-order valence-electron chi connectivity index (χ1n) is 3.87. The van der Waals surface area contributed by atoms with Gasteiger partial charge in [0.15, 0.2) is 11.5 Å². The fourth-order valence-corrected chi connectivity index (χ4v) is 0.771. The third-order valence-corrected chi connectivity index (χ3v) is 1.32. The Hall–Kier alpha value is -0.960. The third-order valence-electron chi connectivity index (χ3n) is 1.03. The zero-order chi connectivity index (χ0) is 9.07. The summed E-state index contributed by atoms with van der Waals surface area (Å²) in [6, 6.07) is 12.0. The van der Waals surface area contributed by atoms with Crippen molar-refractivity contribution in [2.24, 2.45) is 4.36 Å². The smallest absolute Gasteiger partial charge is 0.194 e. The van der Waals surface area contributed by atoms with Crippen molar-refractivity contribution in [1.29, 1.82) is 0 Å². The number of benzene rings is 1. The molecule has 0 fully saturated rings. The standard InChI is InChI=1S/C6H6.C3H7NOS/c1-2-4-6-5-3-1;1-2-3-4-6-5/h1-6H;2-3H2,1H3. The second-order valence-corrected chi connectivity index (χ2v) is 2.49. The molecule has 12 heavy (non-hydrogen) atoms. The van der Waals surface area contributed by atoms with E-state index in [2.05, 4.69) is 4.36 Å². The van der Waals surface area contributed by atoms with Crippen molar-refractivity contribution in [3.8, 4) is 0 Å². The molecule has 0 bridgehead atoms. The summed E-state index contributed by atoms with van der Waals surface area (Å²) >= 11 is 0.301. The molecule has 2 nitrogen and oxygen atoms in total. The average Bonchev–Trinajstić information content (AvgIpc) is 2.18. The number of nitrogens with zero attached hydrogens (tertiary/aromatic N) is 1. The van der Waals surface area contributed by atoms with Crippen LogP contribution in [0.3, 0.4) is 0 Å². The molecule has 66 valence electrons. The first kappa shape index (κ1) is 11.0. The van der Waals surface area contributed by atoms with Crippen molar-refractivity contribution in [2.75, 3.05) is 6.54 Å². The molecule has 0 atom stereocenters. The van der Waals surface area contributed by atoms with Crippen molar-refractivity contribution >= 4 is 11.5 Å². The molecule has 1 aromatic rings. The number of hydrogen-bond donors (Lipinski definition) is 0. The Morgan fingerprint density at radius 1 is 1.08 bits per heavy atom. The summed E-state index contributed by atoms with van der Waals surface area (Å²) < 4.78 is 12.9. The van der Waals surface area contributed by atoms with Crippen LogP contribution in [0.1, 0.15) is 13.3 Å². The second kappa shape index (κ2) is 10.0. The van der Waals surface area contributed by atoms with Crippen molar-refractivity contribution < 1.29 is 4.21 Å². The van der Waals surface area contributed by atoms with Crippen LogP contribution >= 0.6 is 0 Å². The molecule has 3 heteroatoms. The largest absolute Gasteiger partial charge is 0.199 e. The minimum Gasteiger partial charge on any atom is -0.194 e. The maximum atomic E-state index is 9.44. The predicted octanol–water partition coefficient (Wildman–Crippen LogP) is 2.48. The molecule has 0 heterocycles. The highest BCUT2D eigenvalue weighted by molar-refractivity contribution is 7.54. The van der Waals surface area contributed by atoms with E-state index in [1.165, 1.54) is 0 Å². The van der Waals surface area contributed by atoms with Gasteiger partial charge in [-0.2, -0.15) is 8.57 Å². The van der Waals surface area contributed by atoms with Crippen LogP contribution in [0.2, 0.25) is 0 Å². The van der Waals surface area contributed by atoms with E-state index in [-0.39, 0.29) is 0 Å². The Bertz CT molecular complexity index is 193. The molecule has 0 amide bonds. The highest BCUT2D eigenvalue weighted by Gasteiger charge is 1.66. The Morgan fingerprint density at radius 3 is 1.67 bits per heavy atom. The quantitative estimate of drug-likeness (QED) is 0.692. The summed E-state index contributed by atoms with van der Waals surface area (Å²) in [5.74, 6) is 0. The minimum atomic E-state index is 0.301. The van der Waals surface area contributed by atoms with Gasteiger partial charge in [0.2, 0.25) is 0 Å². The maximum absolute atomic E-state index is 9.44. The lowest BCUT2D eigenvalue weighted by Crippen LogP contribution is -1.67. The summed E-state index contributed by atoms with van der Waals surface area (Å²) in [6.45, 7) is 2.67. The molecule has 1 aromatic carbocycles. The van der Waals surface area contributed by atoms with Crippen molar-refractivity contribution in [2.45, 2.75) is 13.3 Å². The molecular weight excluding hydrogens is 170 g/mol. The van der Waals surface area contributed by atoms with E-state index in [1.807, 2.05) is 43.3 Å². The molecule has 0 unspecified atom stereocenters. The van der Waals surface area contributed by atoms with Gasteiger partial charge in [0, 0.05) is 0 Å². The lowest BCUT2D eigenvalue weighted by atomic mass is 10.4. The van der Waals surface area contributed by atoms with E-state index in [9.17, 15) is 4.21 Å². The Kier molecular flexibility index (Phi) is 9.24. The summed E-state index contributed by atoms with van der Waals surface area (Å²) in [4.78, 5) is 0. The molecule has 1 rings (SSSR count). The predicted molar refractivity (Wildman–Crippen MR) is 52.2 cm³/mol.